The summed E-state index contributed by atoms with van der Waals surface area (Å²) in [6.45, 7) is 13.7. The number of unbranched alkanes of at least 4 members (excludes halogenated alkanes) is 20. The van der Waals surface area contributed by atoms with Crippen molar-refractivity contribution in [1.82, 2.24) is 8.75 Å². The maximum absolute atomic E-state index is 7.20. The van der Waals surface area contributed by atoms with Crippen molar-refractivity contribution in [2.24, 2.45) is 0 Å². The largest absolute Gasteiger partial charge is 0.398 e. The topological polar surface area (TPSA) is 77.8 Å². The molecule has 4 N–H and O–H groups in total. The van der Waals surface area contributed by atoms with Crippen LogP contribution in [0.1, 0.15) is 214 Å². The highest BCUT2D eigenvalue weighted by atomic mass is 32.1. The van der Waals surface area contributed by atoms with E-state index in [2.05, 4.69) is 163 Å². The third-order valence-corrected chi connectivity index (χ3v) is 30.0. The van der Waals surface area contributed by atoms with Crippen molar-refractivity contribution in [2.75, 3.05) is 11.5 Å². The second kappa shape index (κ2) is 35.3. The second-order valence-corrected chi connectivity index (χ2v) is 36.1. The highest BCUT2D eigenvalue weighted by Crippen LogP contribution is 2.53. The van der Waals surface area contributed by atoms with Gasteiger partial charge in [-0.15, -0.1) is 90.7 Å². The van der Waals surface area contributed by atoms with Gasteiger partial charge < -0.3 is 11.5 Å². The molecule has 0 aliphatic carbocycles. The molecular formula is C84H98N4S9. The zero-order valence-electron chi connectivity index (χ0n) is 58.1. The van der Waals surface area contributed by atoms with Gasteiger partial charge in [-0.05, 0) is 165 Å². The summed E-state index contributed by atoms with van der Waals surface area (Å²) >= 11 is 16.7. The number of aromatic nitrogens is 2. The lowest BCUT2D eigenvalue weighted by atomic mass is 10.0. The molecule has 9 aromatic heterocycles. The van der Waals surface area contributed by atoms with Crippen LogP contribution in [-0.4, -0.2) is 8.75 Å². The minimum atomic E-state index is 0.819. The van der Waals surface area contributed by atoms with Crippen LogP contribution in [0.2, 0.25) is 0 Å². The highest BCUT2D eigenvalue weighted by molar-refractivity contribution is 7.30. The molecule has 4 nitrogen and oxygen atoms in total. The summed E-state index contributed by atoms with van der Waals surface area (Å²) in [5.74, 6) is 0. The van der Waals surface area contributed by atoms with Gasteiger partial charge in [-0.25, -0.2) is 0 Å². The van der Waals surface area contributed by atoms with Gasteiger partial charge in [0.05, 0.1) is 32.9 Å². The van der Waals surface area contributed by atoms with E-state index in [0.717, 1.165) is 72.3 Å². The molecule has 0 unspecified atom stereocenters. The normalized spacial score (nSPS) is 11.8. The minimum absolute atomic E-state index is 0.819. The lowest BCUT2D eigenvalue weighted by Crippen LogP contribution is -1.86. The molecule has 13 heteroatoms. The number of nitrogens with two attached hydrogens (primary N) is 2. The molecule has 0 radical (unpaired) electrons. The van der Waals surface area contributed by atoms with Gasteiger partial charge in [0.15, 0.2) is 0 Å². The molecule has 0 aliphatic heterocycles. The number of thiophene rings is 8. The first-order valence-corrected chi connectivity index (χ1v) is 43.7. The van der Waals surface area contributed by atoms with E-state index in [0.29, 0.717) is 0 Å². The van der Waals surface area contributed by atoms with Crippen LogP contribution in [0, 0.1) is 13.8 Å². The molecule has 9 heterocycles. The van der Waals surface area contributed by atoms with E-state index in [4.69, 9.17) is 20.2 Å². The fourth-order valence-corrected chi connectivity index (χ4v) is 24.0. The Balaban J connectivity index is 0.812. The van der Waals surface area contributed by atoms with Gasteiger partial charge in [-0.3, -0.25) is 0 Å². The molecule has 12 aromatic rings. The van der Waals surface area contributed by atoms with E-state index >= 15 is 0 Å². The van der Waals surface area contributed by atoms with Crippen LogP contribution in [-0.2, 0) is 25.7 Å². The van der Waals surface area contributed by atoms with Gasteiger partial charge in [-0.1, -0.05) is 222 Å². The van der Waals surface area contributed by atoms with Crippen LogP contribution in [0.3, 0.4) is 0 Å². The Labute approximate surface area is 615 Å². The minimum Gasteiger partial charge on any atom is -0.398 e. The van der Waals surface area contributed by atoms with E-state index in [1.807, 2.05) is 68.0 Å². The van der Waals surface area contributed by atoms with Crippen molar-refractivity contribution in [2.45, 2.75) is 221 Å². The lowest BCUT2D eigenvalue weighted by Gasteiger charge is -2.04. The van der Waals surface area contributed by atoms with Crippen LogP contribution in [0.5, 0.6) is 0 Å². The number of benzene rings is 3. The molecule has 0 saturated heterocycles. The van der Waals surface area contributed by atoms with Crippen LogP contribution < -0.4 is 11.5 Å². The van der Waals surface area contributed by atoms with Crippen LogP contribution in [0.4, 0.5) is 11.4 Å². The van der Waals surface area contributed by atoms with Crippen molar-refractivity contribution < 1.29 is 0 Å². The third-order valence-electron chi connectivity index (χ3n) is 19.1. The van der Waals surface area contributed by atoms with Gasteiger partial charge in [0.25, 0.3) is 0 Å². The predicted octanol–water partition coefficient (Wildman–Crippen LogP) is 30.2. The van der Waals surface area contributed by atoms with Crippen molar-refractivity contribution in [3.05, 3.63) is 154 Å². The smallest absolute Gasteiger partial charge is 0.114 e. The highest BCUT2D eigenvalue weighted by Gasteiger charge is 2.25. The Kier molecular flexibility index (Phi) is 26.0. The molecule has 0 saturated carbocycles. The maximum Gasteiger partial charge on any atom is 0.114 e. The molecule has 0 atom stereocenters. The number of hydrogen-bond donors (Lipinski definition) is 2. The van der Waals surface area contributed by atoms with Crippen molar-refractivity contribution in [3.63, 3.8) is 0 Å². The number of fused-ring (bicyclic) bond motifs is 1. The molecule has 0 amide bonds. The summed E-state index contributed by atoms with van der Waals surface area (Å²) in [6, 6.07) is 46.6. The Morgan fingerprint density at radius 1 is 0.278 bits per heavy atom. The van der Waals surface area contributed by atoms with Crippen LogP contribution in [0.15, 0.2) is 121 Å². The summed E-state index contributed by atoms with van der Waals surface area (Å²) < 4.78 is 10.1. The Hall–Kier alpha value is -5.32. The molecule has 0 bridgehead atoms. The van der Waals surface area contributed by atoms with Gasteiger partial charge >= 0.3 is 0 Å². The number of nitrogens with zero attached hydrogens (tertiary/aromatic N) is 2. The van der Waals surface area contributed by atoms with Crippen LogP contribution in [0.25, 0.3) is 112 Å². The first kappa shape index (κ1) is 71.5. The summed E-state index contributed by atoms with van der Waals surface area (Å²) in [4.78, 5) is 21.0. The van der Waals surface area contributed by atoms with Crippen molar-refractivity contribution in [3.8, 4) is 101 Å². The summed E-state index contributed by atoms with van der Waals surface area (Å²) in [6.07, 6.45) is 35.5. The average molecular weight is 1450 g/mol. The number of anilines is 2. The zero-order chi connectivity index (χ0) is 67.0. The van der Waals surface area contributed by atoms with Gasteiger partial charge in [0, 0.05) is 79.4 Å². The van der Waals surface area contributed by atoms with Crippen molar-refractivity contribution >= 4 is 125 Å². The van der Waals surface area contributed by atoms with E-state index in [9.17, 15) is 0 Å². The molecule has 508 valence electrons. The van der Waals surface area contributed by atoms with E-state index in [1.165, 1.54) is 275 Å². The zero-order valence-corrected chi connectivity index (χ0v) is 65.4. The summed E-state index contributed by atoms with van der Waals surface area (Å²) in [7, 11) is 0. The number of hydrogen-bond acceptors (Lipinski definition) is 13. The fraction of sp³-hybridized carbons (Fsp3) is 0.405. The molecule has 3 aromatic carbocycles. The van der Waals surface area contributed by atoms with Crippen LogP contribution >= 0.6 is 102 Å². The first-order chi connectivity index (χ1) is 47.6. The SMILES string of the molecule is CCCCCCCCc1cc(C)sc1-c1ccc(-c2sc(-c3sc(-c4ccc(-c5cc(N)c(-c6cc(CCCCCCCC)c(-c7ccc(-c8sc(-c9ccc(-c%10ccc(C)cc%10)cc9)cc8CCCCCCCC)s7)s6)s5)c5nsnc45)cc3N)cc2CCCCCCCC)s1. The summed E-state index contributed by atoms with van der Waals surface area (Å²) in [5, 5.41) is 0. The Morgan fingerprint density at radius 2 is 0.598 bits per heavy atom. The monoisotopic (exact) mass is 1450 g/mol. The average Bonchev–Trinajstić information content (AvgIpc) is 1.64. The molecule has 0 fully saturated rings. The fourth-order valence-electron chi connectivity index (χ4n) is 13.6. The lowest BCUT2D eigenvalue weighted by molar-refractivity contribution is 0.608. The van der Waals surface area contributed by atoms with Gasteiger partial charge in [0.2, 0.25) is 0 Å². The Bertz CT molecular complexity index is 4430. The maximum atomic E-state index is 7.20. The Morgan fingerprint density at radius 3 is 1.00 bits per heavy atom. The molecule has 97 heavy (non-hydrogen) atoms. The quantitative estimate of drug-likeness (QED) is 0.0378. The van der Waals surface area contributed by atoms with Crippen molar-refractivity contribution in [1.29, 1.82) is 0 Å². The number of nitrogen functional groups attached to an aromatic ring is 2. The van der Waals surface area contributed by atoms with E-state index in [1.54, 1.807) is 22.7 Å². The molecule has 0 spiro atoms. The first-order valence-electron chi connectivity index (χ1n) is 36.5. The number of rotatable bonds is 38. The third kappa shape index (κ3) is 17.9. The number of aryl methyl sites for hydroxylation is 6. The standard InChI is InChI=1S/C84H98N4S9/c1-7-11-15-19-23-27-31-60-49-56(6)89-79(60)68-45-46-70(90-68)81-62(33-29-25-21-17-13-9-3)51-75(95-81)83-66(85)53-73(93-83)64-43-44-65(78-77(64)87-97-88-78)74-54-67(86)84(94-74)76-52-63(34-30-26-22-18-14-10-4)82(96-76)71-48-47-69(91-71)80-61(32-28-24-20-16-12-8-2)50-72(92-80)59-41-39-58(40-42-59)57-37-35-55(5)36-38-57/h35-54H,7-34,85-86H2,1-6H3. The van der Waals surface area contributed by atoms with Gasteiger partial charge in [0.1, 0.15) is 11.0 Å². The second-order valence-electron chi connectivity index (χ2n) is 26.9. The predicted molar refractivity (Wildman–Crippen MR) is 441 cm³/mol. The summed E-state index contributed by atoms with van der Waals surface area (Å²) in [5.41, 5.74) is 31.0. The molecule has 12 rings (SSSR count). The van der Waals surface area contributed by atoms with E-state index in [-0.39, 0.29) is 0 Å². The molecule has 0 aliphatic rings. The van der Waals surface area contributed by atoms with Gasteiger partial charge in [-0.2, -0.15) is 8.75 Å². The molecular weight excluding hydrogens is 1350 g/mol. The van der Waals surface area contributed by atoms with E-state index < -0.39 is 0 Å².